The molecule has 10 nitrogen and oxygen atoms in total. The zero-order chi connectivity index (χ0) is 23.2. The minimum Gasteiger partial charge on any atom is -0.460 e. The number of pyridine rings is 1. The topological polar surface area (TPSA) is 118 Å². The molecule has 1 atom stereocenters. The number of ketones is 1. The predicted octanol–water partition coefficient (Wildman–Crippen LogP) is 2.44. The molecule has 1 saturated heterocycles. The van der Waals surface area contributed by atoms with Crippen LogP contribution in [0.5, 0.6) is 0 Å². The van der Waals surface area contributed by atoms with Crippen LogP contribution in [0.4, 0.5) is 15.9 Å². The van der Waals surface area contributed by atoms with Gasteiger partial charge in [-0.05, 0) is 24.3 Å². The van der Waals surface area contributed by atoms with Crippen molar-refractivity contribution in [3.63, 3.8) is 0 Å². The molecule has 172 valence electrons. The molecular weight excluding hydrogens is 443 g/mol. The van der Waals surface area contributed by atoms with E-state index in [-0.39, 0.29) is 17.9 Å². The van der Waals surface area contributed by atoms with E-state index in [9.17, 15) is 14.0 Å². The quantitative estimate of drug-likeness (QED) is 0.456. The lowest BCUT2D eigenvalue weighted by atomic mass is 9.93. The normalized spacial score (nSPS) is 17.6. The van der Waals surface area contributed by atoms with Gasteiger partial charge in [0.2, 0.25) is 18.0 Å². The molecule has 6 rings (SSSR count). The van der Waals surface area contributed by atoms with Crippen LogP contribution >= 0.6 is 0 Å². The summed E-state index contributed by atoms with van der Waals surface area (Å²) >= 11 is 0. The summed E-state index contributed by atoms with van der Waals surface area (Å²) in [6, 6.07) is 6.52. The van der Waals surface area contributed by atoms with Crippen molar-refractivity contribution < 1.29 is 22.9 Å². The maximum Gasteiger partial charge on any atom is 0.290 e. The van der Waals surface area contributed by atoms with E-state index in [1.807, 2.05) is 17.0 Å². The van der Waals surface area contributed by atoms with Crippen molar-refractivity contribution in [1.29, 1.82) is 0 Å². The summed E-state index contributed by atoms with van der Waals surface area (Å²) < 4.78 is 25.1. The van der Waals surface area contributed by atoms with Crippen LogP contribution in [0, 0.1) is 5.82 Å². The Kier molecular flexibility index (Phi) is 4.75. The highest BCUT2D eigenvalue weighted by Crippen LogP contribution is 2.40. The molecule has 1 N–H and O–H groups in total. The Hall–Kier alpha value is -4.28. The van der Waals surface area contributed by atoms with Gasteiger partial charge in [-0.3, -0.25) is 9.59 Å². The number of hydrogen-bond acceptors (Lipinski definition) is 9. The van der Waals surface area contributed by atoms with E-state index >= 15 is 0 Å². The number of amides is 1. The maximum absolute atomic E-state index is 14.8. The average Bonchev–Trinajstić information content (AvgIpc) is 3.64. The number of nitrogens with zero attached hydrogens (tertiary/aromatic N) is 5. The highest BCUT2D eigenvalue weighted by Gasteiger charge is 2.39. The number of aromatic nitrogens is 3. The van der Waals surface area contributed by atoms with Crippen molar-refractivity contribution in [2.45, 2.75) is 5.92 Å². The highest BCUT2D eigenvalue weighted by molar-refractivity contribution is 6.38. The standard InChI is InChI=1S/C23H19FN6O4/c24-16-2-1-14(21-27-12-34-28-21)18-17(16)15(11-26-18)19(31)23(32)30-8-6-29(7-9-30)22-20-13(3-5-25-22)4-10-33-20/h1-5,10,12,15,26H,6-9,11H2. The molecule has 2 aliphatic heterocycles. The molecule has 1 aromatic carbocycles. The second-order valence-electron chi connectivity index (χ2n) is 8.19. The minimum absolute atomic E-state index is 0.121. The molecule has 0 aliphatic carbocycles. The summed E-state index contributed by atoms with van der Waals surface area (Å²) in [5.41, 5.74) is 1.78. The second-order valence-corrected chi connectivity index (χ2v) is 8.19. The van der Waals surface area contributed by atoms with Crippen molar-refractivity contribution in [2.75, 3.05) is 42.9 Å². The van der Waals surface area contributed by atoms with Crippen LogP contribution in [0.1, 0.15) is 11.5 Å². The lowest BCUT2D eigenvalue weighted by molar-refractivity contribution is -0.145. The van der Waals surface area contributed by atoms with Crippen molar-refractivity contribution in [1.82, 2.24) is 20.0 Å². The zero-order valence-corrected chi connectivity index (χ0v) is 17.9. The number of fused-ring (bicyclic) bond motifs is 2. The molecule has 2 aliphatic rings. The van der Waals surface area contributed by atoms with Crippen molar-refractivity contribution in [3.8, 4) is 11.4 Å². The molecule has 3 aromatic heterocycles. The molecule has 0 saturated carbocycles. The number of benzene rings is 1. The highest BCUT2D eigenvalue weighted by atomic mass is 19.1. The van der Waals surface area contributed by atoms with Crippen LogP contribution < -0.4 is 10.2 Å². The fourth-order valence-corrected chi connectivity index (χ4v) is 4.66. The first-order chi connectivity index (χ1) is 16.6. The van der Waals surface area contributed by atoms with Crippen LogP contribution in [-0.2, 0) is 9.59 Å². The van der Waals surface area contributed by atoms with Crippen LogP contribution in [0.2, 0.25) is 0 Å². The fraction of sp³-hybridized carbons (Fsp3) is 0.261. The van der Waals surface area contributed by atoms with Crippen LogP contribution in [-0.4, -0.2) is 64.4 Å². The van der Waals surface area contributed by atoms with Gasteiger partial charge in [-0.1, -0.05) is 5.16 Å². The van der Waals surface area contributed by atoms with E-state index in [0.717, 1.165) is 5.39 Å². The van der Waals surface area contributed by atoms with Crippen LogP contribution in [0.3, 0.4) is 0 Å². The lowest BCUT2D eigenvalue weighted by Crippen LogP contribution is -2.51. The number of rotatable bonds is 4. The molecular formula is C23H19FN6O4. The Bertz CT molecular complexity index is 1390. The van der Waals surface area contributed by atoms with Gasteiger partial charge in [-0.15, -0.1) is 0 Å². The summed E-state index contributed by atoms with van der Waals surface area (Å²) in [6.45, 7) is 1.82. The smallest absolute Gasteiger partial charge is 0.290 e. The van der Waals surface area contributed by atoms with E-state index < -0.39 is 23.4 Å². The zero-order valence-electron chi connectivity index (χ0n) is 17.9. The first kappa shape index (κ1) is 20.3. The van der Waals surface area contributed by atoms with Gasteiger partial charge in [0.25, 0.3) is 5.91 Å². The largest absolute Gasteiger partial charge is 0.460 e. The van der Waals surface area contributed by atoms with Crippen molar-refractivity contribution >= 4 is 34.2 Å². The van der Waals surface area contributed by atoms with Gasteiger partial charge < -0.3 is 24.1 Å². The summed E-state index contributed by atoms with van der Waals surface area (Å²) in [4.78, 5) is 38.2. The molecule has 0 bridgehead atoms. The predicted molar refractivity (Wildman–Crippen MR) is 119 cm³/mol. The van der Waals surface area contributed by atoms with Gasteiger partial charge in [0.15, 0.2) is 11.4 Å². The Morgan fingerprint density at radius 2 is 1.94 bits per heavy atom. The molecule has 0 radical (unpaired) electrons. The number of nitrogens with one attached hydrogen (secondary N) is 1. The number of hydrogen-bond donors (Lipinski definition) is 1. The molecule has 4 aromatic rings. The van der Waals surface area contributed by atoms with Gasteiger partial charge in [0.1, 0.15) is 5.82 Å². The molecule has 0 spiro atoms. The van der Waals surface area contributed by atoms with E-state index in [1.165, 1.54) is 23.4 Å². The number of carbonyl (C=O) groups excluding carboxylic acids is 2. The maximum atomic E-state index is 14.8. The van der Waals surface area contributed by atoms with Crippen molar-refractivity contribution in [2.24, 2.45) is 0 Å². The third-order valence-electron chi connectivity index (χ3n) is 6.37. The lowest BCUT2D eigenvalue weighted by Gasteiger charge is -2.35. The first-order valence-corrected chi connectivity index (χ1v) is 10.8. The number of piperazine rings is 1. The van der Waals surface area contributed by atoms with E-state index in [1.54, 1.807) is 12.5 Å². The third-order valence-corrected chi connectivity index (χ3v) is 6.37. The second kappa shape index (κ2) is 7.94. The monoisotopic (exact) mass is 462 g/mol. The molecule has 34 heavy (non-hydrogen) atoms. The summed E-state index contributed by atoms with van der Waals surface area (Å²) in [5.74, 6) is -1.75. The molecule has 1 unspecified atom stereocenters. The van der Waals surface area contributed by atoms with E-state index in [0.29, 0.717) is 48.8 Å². The Labute approximate surface area is 192 Å². The van der Waals surface area contributed by atoms with Crippen LogP contribution in [0.15, 0.2) is 52.1 Å². The summed E-state index contributed by atoms with van der Waals surface area (Å²) in [7, 11) is 0. The summed E-state index contributed by atoms with van der Waals surface area (Å²) in [6.07, 6.45) is 4.51. The van der Waals surface area contributed by atoms with Crippen molar-refractivity contribution in [3.05, 3.63) is 54.5 Å². The SMILES string of the molecule is O=C(C(=O)N1CCN(c2nccc3ccoc23)CC1)C1CNc2c(-c3ncon3)ccc(F)c21. The molecule has 11 heteroatoms. The number of carbonyl (C=O) groups is 2. The Balaban J connectivity index is 1.19. The fourth-order valence-electron chi connectivity index (χ4n) is 4.66. The molecule has 5 heterocycles. The summed E-state index contributed by atoms with van der Waals surface area (Å²) in [5, 5.41) is 7.80. The third kappa shape index (κ3) is 3.19. The number of Topliss-reactive ketones (excluding diaryl/α,β-unsaturated/α-hetero) is 1. The Morgan fingerprint density at radius 3 is 2.74 bits per heavy atom. The van der Waals surface area contributed by atoms with Crippen LogP contribution in [0.25, 0.3) is 22.4 Å². The number of anilines is 2. The number of furan rings is 1. The molecule has 1 amide bonds. The van der Waals surface area contributed by atoms with E-state index in [4.69, 9.17) is 8.94 Å². The van der Waals surface area contributed by atoms with Gasteiger partial charge in [-0.25, -0.2) is 9.37 Å². The average molecular weight is 462 g/mol. The minimum atomic E-state index is -0.925. The van der Waals surface area contributed by atoms with Gasteiger partial charge in [0, 0.05) is 55.4 Å². The van der Waals surface area contributed by atoms with E-state index in [2.05, 4.69) is 20.4 Å². The van der Waals surface area contributed by atoms with Gasteiger partial charge >= 0.3 is 0 Å². The molecule has 1 fully saturated rings. The number of halogens is 1. The van der Waals surface area contributed by atoms with Gasteiger partial charge in [0.05, 0.1) is 17.9 Å². The first-order valence-electron chi connectivity index (χ1n) is 10.8. The van der Waals surface area contributed by atoms with Gasteiger partial charge in [-0.2, -0.15) is 4.98 Å². The Morgan fingerprint density at radius 1 is 1.09 bits per heavy atom.